The number of nitrogens with one attached hydrogen (secondary N) is 1. The number of carbonyl (C=O) groups is 2. The Bertz CT molecular complexity index is 881. The Balaban J connectivity index is 1.46. The van der Waals surface area contributed by atoms with Gasteiger partial charge in [0.1, 0.15) is 11.4 Å². The van der Waals surface area contributed by atoms with Gasteiger partial charge in [0.05, 0.1) is 0 Å². The monoisotopic (exact) mass is 425 g/mol. The highest BCUT2D eigenvalue weighted by molar-refractivity contribution is 5.94. The van der Waals surface area contributed by atoms with Crippen LogP contribution in [0.25, 0.3) is 0 Å². The van der Waals surface area contributed by atoms with Crippen molar-refractivity contribution in [3.8, 4) is 5.75 Å². The van der Waals surface area contributed by atoms with Crippen molar-refractivity contribution in [3.63, 3.8) is 0 Å². The predicted molar refractivity (Wildman–Crippen MR) is 121 cm³/mol. The molecule has 7 heteroatoms. The van der Waals surface area contributed by atoms with E-state index in [4.69, 9.17) is 4.74 Å². The number of phenolic OH excluding ortho intramolecular Hbond substituents is 1. The summed E-state index contributed by atoms with van der Waals surface area (Å²) in [7, 11) is 0. The van der Waals surface area contributed by atoms with E-state index in [9.17, 15) is 14.7 Å². The molecule has 2 aromatic rings. The minimum absolute atomic E-state index is 0.111. The van der Waals surface area contributed by atoms with Crippen molar-refractivity contribution in [1.29, 1.82) is 0 Å². The number of aromatic hydroxyl groups is 1. The number of ether oxygens (including phenoxy) is 1. The smallest absolute Gasteiger partial charge is 0.410 e. The second kappa shape index (κ2) is 9.73. The molecule has 31 heavy (non-hydrogen) atoms. The van der Waals surface area contributed by atoms with Gasteiger partial charge in [0.25, 0.3) is 5.91 Å². The van der Waals surface area contributed by atoms with Crippen molar-refractivity contribution < 1.29 is 19.4 Å². The molecule has 166 valence electrons. The van der Waals surface area contributed by atoms with Gasteiger partial charge < -0.3 is 25.0 Å². The largest absolute Gasteiger partial charge is 0.508 e. The summed E-state index contributed by atoms with van der Waals surface area (Å²) in [5.41, 5.74) is 2.21. The van der Waals surface area contributed by atoms with Gasteiger partial charge in [-0.05, 0) is 69.2 Å². The van der Waals surface area contributed by atoms with Crippen LogP contribution in [0.2, 0.25) is 0 Å². The van der Waals surface area contributed by atoms with Crippen LogP contribution in [0.1, 0.15) is 36.7 Å². The summed E-state index contributed by atoms with van der Waals surface area (Å²) in [6, 6.07) is 14.5. The predicted octanol–water partition coefficient (Wildman–Crippen LogP) is 3.42. The van der Waals surface area contributed by atoms with Gasteiger partial charge in [0.2, 0.25) is 0 Å². The zero-order valence-electron chi connectivity index (χ0n) is 18.4. The Labute approximate surface area is 183 Å². The third kappa shape index (κ3) is 6.64. The highest BCUT2D eigenvalue weighted by Gasteiger charge is 2.26. The molecule has 2 aromatic carbocycles. The second-order valence-corrected chi connectivity index (χ2v) is 8.67. The summed E-state index contributed by atoms with van der Waals surface area (Å²) in [4.78, 5) is 28.5. The van der Waals surface area contributed by atoms with E-state index in [0.29, 0.717) is 31.6 Å². The average Bonchev–Trinajstić information content (AvgIpc) is 2.74. The van der Waals surface area contributed by atoms with Crippen LogP contribution in [0.15, 0.2) is 48.5 Å². The number of anilines is 1. The molecule has 0 unspecified atom stereocenters. The lowest BCUT2D eigenvalue weighted by Gasteiger charge is -2.36. The molecule has 0 spiro atoms. The standard InChI is InChI=1S/C24H31N3O4/c1-24(2,3)31-23(30)27-16-14-26(15-17-27)20-8-6-19(7-9-20)22(29)25-13-12-18-4-10-21(28)11-5-18/h4-11,28H,12-17H2,1-3H3,(H,25,29). The van der Waals surface area contributed by atoms with Crippen molar-refractivity contribution in [1.82, 2.24) is 10.2 Å². The fourth-order valence-electron chi connectivity index (χ4n) is 3.38. The summed E-state index contributed by atoms with van der Waals surface area (Å²) in [5, 5.41) is 12.2. The molecule has 1 saturated heterocycles. The maximum atomic E-state index is 12.4. The molecule has 0 radical (unpaired) electrons. The van der Waals surface area contributed by atoms with Crippen molar-refractivity contribution in [2.45, 2.75) is 32.8 Å². The second-order valence-electron chi connectivity index (χ2n) is 8.67. The minimum Gasteiger partial charge on any atom is -0.508 e. The van der Waals surface area contributed by atoms with Gasteiger partial charge in [-0.25, -0.2) is 4.79 Å². The molecule has 1 aliphatic rings. The fraction of sp³-hybridized carbons (Fsp3) is 0.417. The Hall–Kier alpha value is -3.22. The first-order valence-corrected chi connectivity index (χ1v) is 10.6. The van der Waals surface area contributed by atoms with E-state index in [1.165, 1.54) is 0 Å². The summed E-state index contributed by atoms with van der Waals surface area (Å²) in [6.45, 7) is 8.78. The number of piperazine rings is 1. The normalized spacial score (nSPS) is 14.3. The van der Waals surface area contributed by atoms with E-state index in [2.05, 4.69) is 10.2 Å². The molecule has 7 nitrogen and oxygen atoms in total. The van der Waals surface area contributed by atoms with Crippen molar-refractivity contribution >= 4 is 17.7 Å². The summed E-state index contributed by atoms with van der Waals surface area (Å²) in [5.74, 6) is 0.124. The quantitative estimate of drug-likeness (QED) is 0.767. The van der Waals surface area contributed by atoms with Gasteiger partial charge in [0.15, 0.2) is 0 Å². The van der Waals surface area contributed by atoms with Crippen molar-refractivity contribution in [3.05, 3.63) is 59.7 Å². The van der Waals surface area contributed by atoms with Crippen LogP contribution < -0.4 is 10.2 Å². The number of carbonyl (C=O) groups excluding carboxylic acids is 2. The van der Waals surface area contributed by atoms with Gasteiger partial charge >= 0.3 is 6.09 Å². The first-order chi connectivity index (χ1) is 14.7. The molecule has 0 atom stereocenters. The molecule has 1 fully saturated rings. The summed E-state index contributed by atoms with van der Waals surface area (Å²) < 4.78 is 5.44. The SMILES string of the molecule is CC(C)(C)OC(=O)N1CCN(c2ccc(C(=O)NCCc3ccc(O)cc3)cc2)CC1. The van der Waals surface area contributed by atoms with E-state index in [1.54, 1.807) is 17.0 Å². The number of benzene rings is 2. The average molecular weight is 426 g/mol. The Morgan fingerprint density at radius 3 is 2.16 bits per heavy atom. The van der Waals surface area contributed by atoms with Crippen LogP contribution in [-0.4, -0.2) is 60.3 Å². The number of hydrogen-bond donors (Lipinski definition) is 2. The molecule has 1 heterocycles. The van der Waals surface area contributed by atoms with Crippen LogP contribution in [0.5, 0.6) is 5.75 Å². The molecule has 0 bridgehead atoms. The lowest BCUT2D eigenvalue weighted by atomic mass is 10.1. The maximum absolute atomic E-state index is 12.4. The third-order valence-corrected chi connectivity index (χ3v) is 5.06. The summed E-state index contributed by atoms with van der Waals surface area (Å²) >= 11 is 0. The van der Waals surface area contributed by atoms with Crippen LogP contribution in [0.3, 0.4) is 0 Å². The van der Waals surface area contributed by atoms with E-state index >= 15 is 0 Å². The van der Waals surface area contributed by atoms with Crippen LogP contribution >= 0.6 is 0 Å². The van der Waals surface area contributed by atoms with Crippen LogP contribution in [0, 0.1) is 0 Å². The zero-order valence-corrected chi connectivity index (χ0v) is 18.4. The van der Waals surface area contributed by atoms with Crippen molar-refractivity contribution in [2.75, 3.05) is 37.6 Å². The Morgan fingerprint density at radius 1 is 0.968 bits per heavy atom. The van der Waals surface area contributed by atoms with Gasteiger partial charge in [-0.15, -0.1) is 0 Å². The molecule has 0 aromatic heterocycles. The minimum atomic E-state index is -0.491. The number of amides is 2. The van der Waals surface area contributed by atoms with Gasteiger partial charge in [-0.3, -0.25) is 4.79 Å². The molecule has 0 saturated carbocycles. The molecule has 2 amide bonds. The van der Waals surface area contributed by atoms with Crippen LogP contribution in [0.4, 0.5) is 10.5 Å². The maximum Gasteiger partial charge on any atom is 0.410 e. The van der Waals surface area contributed by atoms with E-state index in [-0.39, 0.29) is 17.7 Å². The first kappa shape index (κ1) is 22.5. The lowest BCUT2D eigenvalue weighted by Crippen LogP contribution is -2.50. The van der Waals surface area contributed by atoms with Gasteiger partial charge in [-0.1, -0.05) is 12.1 Å². The molecular weight excluding hydrogens is 394 g/mol. The highest BCUT2D eigenvalue weighted by atomic mass is 16.6. The number of rotatable bonds is 5. The zero-order chi connectivity index (χ0) is 22.4. The highest BCUT2D eigenvalue weighted by Crippen LogP contribution is 2.19. The van der Waals surface area contributed by atoms with Gasteiger partial charge in [-0.2, -0.15) is 0 Å². The molecule has 0 aliphatic carbocycles. The lowest BCUT2D eigenvalue weighted by molar-refractivity contribution is 0.0240. The van der Waals surface area contributed by atoms with E-state index in [1.807, 2.05) is 57.2 Å². The molecule has 2 N–H and O–H groups in total. The Morgan fingerprint density at radius 2 is 1.58 bits per heavy atom. The number of nitrogens with zero attached hydrogens (tertiary/aromatic N) is 2. The molecular formula is C24H31N3O4. The number of hydrogen-bond acceptors (Lipinski definition) is 5. The summed E-state index contributed by atoms with van der Waals surface area (Å²) in [6.07, 6.45) is 0.429. The number of phenols is 1. The third-order valence-electron chi connectivity index (χ3n) is 5.06. The van der Waals surface area contributed by atoms with Gasteiger partial charge in [0, 0.05) is 44.0 Å². The fourth-order valence-corrected chi connectivity index (χ4v) is 3.38. The van der Waals surface area contributed by atoms with E-state index < -0.39 is 5.60 Å². The topological polar surface area (TPSA) is 82.1 Å². The first-order valence-electron chi connectivity index (χ1n) is 10.6. The van der Waals surface area contributed by atoms with Crippen LogP contribution in [-0.2, 0) is 11.2 Å². The van der Waals surface area contributed by atoms with Crippen molar-refractivity contribution in [2.24, 2.45) is 0 Å². The Kier molecular flexibility index (Phi) is 7.05. The molecule has 1 aliphatic heterocycles. The van der Waals surface area contributed by atoms with E-state index in [0.717, 1.165) is 24.3 Å². The molecule has 3 rings (SSSR count).